The maximum atomic E-state index is 12.7. The number of carbonyl (C=O) groups is 1. The Labute approximate surface area is 155 Å². The van der Waals surface area contributed by atoms with Crippen LogP contribution in [-0.2, 0) is 10.0 Å². The van der Waals surface area contributed by atoms with Gasteiger partial charge in [-0.2, -0.15) is 0 Å². The molecule has 0 aromatic heterocycles. The lowest BCUT2D eigenvalue weighted by Crippen LogP contribution is -2.38. The van der Waals surface area contributed by atoms with Gasteiger partial charge in [-0.15, -0.1) is 0 Å². The lowest BCUT2D eigenvalue weighted by atomic mass is 10.1. The lowest BCUT2D eigenvalue weighted by molar-refractivity contribution is 0.102. The van der Waals surface area contributed by atoms with Gasteiger partial charge in [0, 0.05) is 17.8 Å². The first-order valence-corrected chi connectivity index (χ1v) is 10.4. The van der Waals surface area contributed by atoms with Crippen molar-refractivity contribution in [3.8, 4) is 0 Å². The van der Waals surface area contributed by atoms with E-state index in [0.717, 1.165) is 28.8 Å². The third-order valence-electron chi connectivity index (χ3n) is 4.73. The highest BCUT2D eigenvalue weighted by atomic mass is 32.2. The molecule has 5 nitrogen and oxygen atoms in total. The zero-order chi connectivity index (χ0) is 18.9. The monoisotopic (exact) mass is 372 g/mol. The van der Waals surface area contributed by atoms with Crippen LogP contribution in [0.5, 0.6) is 0 Å². The molecule has 2 aromatic rings. The lowest BCUT2D eigenvalue weighted by Gasteiger charge is -2.29. The molecule has 0 bridgehead atoms. The summed E-state index contributed by atoms with van der Waals surface area (Å²) >= 11 is 0. The zero-order valence-corrected chi connectivity index (χ0v) is 16.2. The topological polar surface area (TPSA) is 66.5 Å². The predicted octanol–water partition coefficient (Wildman–Crippen LogP) is 3.79. The molecule has 1 fully saturated rings. The normalized spacial score (nSPS) is 16.3. The number of sulfonamides is 1. The highest BCUT2D eigenvalue weighted by Crippen LogP contribution is 2.28. The van der Waals surface area contributed by atoms with E-state index in [1.807, 2.05) is 39.0 Å². The Morgan fingerprint density at radius 3 is 2.46 bits per heavy atom. The summed E-state index contributed by atoms with van der Waals surface area (Å²) in [4.78, 5) is 12.7. The quantitative estimate of drug-likeness (QED) is 0.891. The van der Waals surface area contributed by atoms with Crippen LogP contribution < -0.4 is 9.62 Å². The largest absolute Gasteiger partial charge is 0.322 e. The van der Waals surface area contributed by atoms with Crippen molar-refractivity contribution in [2.45, 2.75) is 33.6 Å². The molecule has 0 unspecified atom stereocenters. The SMILES string of the molecule is Cc1ccc(C)c(NC(=O)c2ccc(C)c(N3CCCCS3(=O)=O)c2)c1. The smallest absolute Gasteiger partial charge is 0.255 e. The Morgan fingerprint density at radius 2 is 1.73 bits per heavy atom. The molecule has 0 aliphatic carbocycles. The van der Waals surface area contributed by atoms with E-state index >= 15 is 0 Å². The van der Waals surface area contributed by atoms with Crippen molar-refractivity contribution in [3.63, 3.8) is 0 Å². The molecule has 1 N–H and O–H groups in total. The standard InChI is InChI=1S/C20H24N2O3S/c1-14-6-7-15(2)18(12-14)21-20(23)17-9-8-16(3)19(13-17)22-10-4-5-11-26(22,24)25/h6-9,12-13H,4-5,10-11H2,1-3H3,(H,21,23). The number of aryl methyl sites for hydroxylation is 3. The van der Waals surface area contributed by atoms with Gasteiger partial charge in [-0.25, -0.2) is 8.42 Å². The summed E-state index contributed by atoms with van der Waals surface area (Å²) in [5.41, 5.74) is 4.71. The van der Waals surface area contributed by atoms with Crippen molar-refractivity contribution < 1.29 is 13.2 Å². The number of rotatable bonds is 3. The fraction of sp³-hybridized carbons (Fsp3) is 0.350. The number of carbonyl (C=O) groups excluding carboxylic acids is 1. The van der Waals surface area contributed by atoms with Crippen LogP contribution in [0.4, 0.5) is 11.4 Å². The van der Waals surface area contributed by atoms with Crippen molar-refractivity contribution in [2.75, 3.05) is 21.9 Å². The third-order valence-corrected chi connectivity index (χ3v) is 6.59. The van der Waals surface area contributed by atoms with Crippen LogP contribution in [0.25, 0.3) is 0 Å². The second-order valence-corrected chi connectivity index (χ2v) is 8.88. The molecule has 138 valence electrons. The molecule has 0 atom stereocenters. The number of nitrogens with one attached hydrogen (secondary N) is 1. The molecule has 0 spiro atoms. The summed E-state index contributed by atoms with van der Waals surface area (Å²) in [6.45, 7) is 6.24. The summed E-state index contributed by atoms with van der Waals surface area (Å²) < 4.78 is 26.3. The molecule has 1 aliphatic rings. The molecule has 1 heterocycles. The van der Waals surface area contributed by atoms with E-state index in [1.165, 1.54) is 4.31 Å². The van der Waals surface area contributed by atoms with Crippen LogP contribution in [0.3, 0.4) is 0 Å². The molecule has 1 amide bonds. The van der Waals surface area contributed by atoms with Crippen molar-refractivity contribution >= 4 is 27.3 Å². The first-order valence-electron chi connectivity index (χ1n) is 8.77. The van der Waals surface area contributed by atoms with Crippen LogP contribution in [0, 0.1) is 20.8 Å². The van der Waals surface area contributed by atoms with Crippen molar-refractivity contribution in [1.29, 1.82) is 0 Å². The van der Waals surface area contributed by atoms with Crippen LogP contribution in [0.15, 0.2) is 36.4 Å². The molecule has 0 radical (unpaired) electrons. The molecule has 1 aliphatic heterocycles. The molecule has 0 saturated carbocycles. The van der Waals surface area contributed by atoms with Gasteiger partial charge < -0.3 is 5.32 Å². The Bertz CT molecular complexity index is 952. The molecule has 6 heteroatoms. The molecular formula is C20H24N2O3S. The fourth-order valence-corrected chi connectivity index (χ4v) is 4.84. The van der Waals surface area contributed by atoms with Crippen LogP contribution >= 0.6 is 0 Å². The Kier molecular flexibility index (Phi) is 5.05. The maximum absolute atomic E-state index is 12.7. The minimum Gasteiger partial charge on any atom is -0.322 e. The number of nitrogens with zero attached hydrogens (tertiary/aromatic N) is 1. The Balaban J connectivity index is 1.92. The van der Waals surface area contributed by atoms with E-state index in [0.29, 0.717) is 24.2 Å². The summed E-state index contributed by atoms with van der Waals surface area (Å²) in [7, 11) is -3.31. The van der Waals surface area contributed by atoms with Crippen LogP contribution in [0.2, 0.25) is 0 Å². The number of anilines is 2. The van der Waals surface area contributed by atoms with E-state index in [2.05, 4.69) is 5.32 Å². The van der Waals surface area contributed by atoms with Crippen molar-refractivity contribution in [2.24, 2.45) is 0 Å². The summed E-state index contributed by atoms with van der Waals surface area (Å²) in [5, 5.41) is 2.93. The Hall–Kier alpha value is -2.34. The van der Waals surface area contributed by atoms with Gasteiger partial charge >= 0.3 is 0 Å². The highest BCUT2D eigenvalue weighted by Gasteiger charge is 2.27. The van der Waals surface area contributed by atoms with Gasteiger partial charge in [0.25, 0.3) is 5.91 Å². The highest BCUT2D eigenvalue weighted by molar-refractivity contribution is 7.92. The van der Waals surface area contributed by atoms with Gasteiger partial charge in [0.05, 0.1) is 11.4 Å². The molecule has 3 rings (SSSR count). The number of hydrogen-bond donors (Lipinski definition) is 1. The molecule has 1 saturated heterocycles. The van der Waals surface area contributed by atoms with E-state index in [9.17, 15) is 13.2 Å². The van der Waals surface area contributed by atoms with Gasteiger partial charge in [0.2, 0.25) is 10.0 Å². The van der Waals surface area contributed by atoms with Crippen molar-refractivity contribution in [1.82, 2.24) is 0 Å². The average molecular weight is 372 g/mol. The third kappa shape index (κ3) is 3.75. The number of benzene rings is 2. The first kappa shape index (κ1) is 18.5. The second-order valence-electron chi connectivity index (χ2n) is 6.87. The van der Waals surface area contributed by atoms with E-state index in [4.69, 9.17) is 0 Å². The van der Waals surface area contributed by atoms with Crippen LogP contribution in [0.1, 0.15) is 39.9 Å². The predicted molar refractivity (Wildman–Crippen MR) is 105 cm³/mol. The minimum absolute atomic E-state index is 0.158. The maximum Gasteiger partial charge on any atom is 0.255 e. The fourth-order valence-electron chi connectivity index (χ4n) is 3.14. The van der Waals surface area contributed by atoms with Gasteiger partial charge in [-0.1, -0.05) is 18.2 Å². The molecular weight excluding hydrogens is 348 g/mol. The first-order chi connectivity index (χ1) is 12.3. The van der Waals surface area contributed by atoms with E-state index < -0.39 is 10.0 Å². The summed E-state index contributed by atoms with van der Waals surface area (Å²) in [6, 6.07) is 11.1. The van der Waals surface area contributed by atoms with E-state index in [1.54, 1.807) is 18.2 Å². The van der Waals surface area contributed by atoms with Crippen molar-refractivity contribution in [3.05, 3.63) is 58.7 Å². The Morgan fingerprint density at radius 1 is 1.00 bits per heavy atom. The molecule has 26 heavy (non-hydrogen) atoms. The summed E-state index contributed by atoms with van der Waals surface area (Å²) in [5.74, 6) is -0.0832. The number of hydrogen-bond acceptors (Lipinski definition) is 3. The molecule has 2 aromatic carbocycles. The van der Waals surface area contributed by atoms with Gasteiger partial charge in [0.1, 0.15) is 0 Å². The zero-order valence-electron chi connectivity index (χ0n) is 15.4. The van der Waals surface area contributed by atoms with Gasteiger partial charge in [-0.3, -0.25) is 9.10 Å². The minimum atomic E-state index is -3.31. The number of amides is 1. The van der Waals surface area contributed by atoms with Gasteiger partial charge in [0.15, 0.2) is 0 Å². The van der Waals surface area contributed by atoms with Gasteiger partial charge in [-0.05, 0) is 68.5 Å². The van der Waals surface area contributed by atoms with E-state index in [-0.39, 0.29) is 11.7 Å². The van der Waals surface area contributed by atoms with Crippen LogP contribution in [-0.4, -0.2) is 26.6 Å². The summed E-state index contributed by atoms with van der Waals surface area (Å²) in [6.07, 6.45) is 1.52. The second kappa shape index (κ2) is 7.11. The average Bonchev–Trinajstić information content (AvgIpc) is 2.58.